The summed E-state index contributed by atoms with van der Waals surface area (Å²) in [5.74, 6) is 0.359. The maximum atomic E-state index is 13.7. The molecule has 0 saturated heterocycles. The Morgan fingerprint density at radius 3 is 2.46 bits per heavy atom. The van der Waals surface area contributed by atoms with E-state index in [-0.39, 0.29) is 11.5 Å². The van der Waals surface area contributed by atoms with Gasteiger partial charge in [0.15, 0.2) is 0 Å². The predicted octanol–water partition coefficient (Wildman–Crippen LogP) is 6.42. The summed E-state index contributed by atoms with van der Waals surface area (Å²) in [6.07, 6.45) is 0.571. The summed E-state index contributed by atoms with van der Waals surface area (Å²) < 4.78 is 1.58. The molecule has 35 heavy (non-hydrogen) atoms. The number of aromatic nitrogens is 2. The van der Waals surface area contributed by atoms with E-state index in [1.807, 2.05) is 73.7 Å². The SMILES string of the molecule is CCC(c1nc2ccccc2c(=O)n1-c1cccc(Cl)c1)N(C)C(=O)c1ccc2ccccc2c1. The third-order valence-electron chi connectivity index (χ3n) is 6.34. The van der Waals surface area contributed by atoms with Crippen molar-refractivity contribution in [3.63, 3.8) is 0 Å². The Morgan fingerprint density at radius 1 is 0.943 bits per heavy atom. The molecule has 0 aliphatic rings. The number of amides is 1. The largest absolute Gasteiger partial charge is 0.332 e. The van der Waals surface area contributed by atoms with Crippen molar-refractivity contribution in [2.45, 2.75) is 19.4 Å². The second-order valence-electron chi connectivity index (χ2n) is 8.51. The molecule has 174 valence electrons. The van der Waals surface area contributed by atoms with Gasteiger partial charge < -0.3 is 4.90 Å². The van der Waals surface area contributed by atoms with Gasteiger partial charge >= 0.3 is 0 Å². The summed E-state index contributed by atoms with van der Waals surface area (Å²) in [5.41, 5.74) is 1.59. The average Bonchev–Trinajstić information content (AvgIpc) is 2.88. The minimum Gasteiger partial charge on any atom is -0.332 e. The number of nitrogens with zero attached hydrogens (tertiary/aromatic N) is 3. The second-order valence-corrected chi connectivity index (χ2v) is 8.95. The van der Waals surface area contributed by atoms with Gasteiger partial charge in [0.25, 0.3) is 11.5 Å². The standard InChI is InChI=1S/C29H24ClN3O2/c1-3-26(32(2)28(34)21-16-15-19-9-4-5-10-20(19)17-21)27-31-25-14-7-6-13-24(25)29(35)33(27)23-12-8-11-22(30)18-23/h4-18,26H,3H2,1-2H3. The Hall–Kier alpha value is -3.96. The third kappa shape index (κ3) is 4.19. The topological polar surface area (TPSA) is 55.2 Å². The molecule has 0 saturated carbocycles. The number of para-hydroxylation sites is 1. The summed E-state index contributed by atoms with van der Waals surface area (Å²) in [6.45, 7) is 1.98. The average molecular weight is 482 g/mol. The van der Waals surface area contributed by atoms with Crippen molar-refractivity contribution in [1.82, 2.24) is 14.5 Å². The highest BCUT2D eigenvalue weighted by molar-refractivity contribution is 6.30. The molecule has 1 unspecified atom stereocenters. The van der Waals surface area contributed by atoms with Gasteiger partial charge in [-0.1, -0.05) is 67.1 Å². The number of hydrogen-bond acceptors (Lipinski definition) is 3. The van der Waals surface area contributed by atoms with Crippen molar-refractivity contribution in [2.75, 3.05) is 7.05 Å². The van der Waals surface area contributed by atoms with Crippen molar-refractivity contribution < 1.29 is 4.79 Å². The first-order valence-corrected chi connectivity index (χ1v) is 11.9. The molecule has 1 atom stereocenters. The summed E-state index contributed by atoms with van der Waals surface area (Å²) in [4.78, 5) is 33.8. The van der Waals surface area contributed by atoms with Gasteiger partial charge in [-0.3, -0.25) is 14.2 Å². The fourth-order valence-electron chi connectivity index (χ4n) is 4.54. The lowest BCUT2D eigenvalue weighted by Crippen LogP contribution is -2.36. The number of carbonyl (C=O) groups excluding carboxylic acids is 1. The van der Waals surface area contributed by atoms with Crippen LogP contribution < -0.4 is 5.56 Å². The van der Waals surface area contributed by atoms with Crippen LogP contribution in [0.15, 0.2) is 95.8 Å². The molecule has 1 heterocycles. The molecular formula is C29H24ClN3O2. The molecule has 1 amide bonds. The van der Waals surface area contributed by atoms with Crippen LogP contribution in [0.25, 0.3) is 27.4 Å². The van der Waals surface area contributed by atoms with E-state index in [9.17, 15) is 9.59 Å². The minimum atomic E-state index is -0.440. The molecule has 0 N–H and O–H groups in total. The zero-order chi connectivity index (χ0) is 24.5. The van der Waals surface area contributed by atoms with E-state index in [1.54, 1.807) is 40.8 Å². The van der Waals surface area contributed by atoms with Crippen LogP contribution in [0.3, 0.4) is 0 Å². The quantitative estimate of drug-likeness (QED) is 0.291. The van der Waals surface area contributed by atoms with E-state index >= 15 is 0 Å². The van der Waals surface area contributed by atoms with Gasteiger partial charge in [-0.2, -0.15) is 0 Å². The van der Waals surface area contributed by atoms with E-state index in [0.29, 0.717) is 39.4 Å². The smallest absolute Gasteiger partial charge is 0.266 e. The van der Waals surface area contributed by atoms with Crippen LogP contribution in [0.4, 0.5) is 0 Å². The van der Waals surface area contributed by atoms with Crippen LogP contribution in [0.2, 0.25) is 5.02 Å². The minimum absolute atomic E-state index is 0.136. The van der Waals surface area contributed by atoms with Gasteiger partial charge in [-0.15, -0.1) is 0 Å². The zero-order valence-corrected chi connectivity index (χ0v) is 20.2. The number of carbonyl (C=O) groups is 1. The van der Waals surface area contributed by atoms with Gasteiger partial charge in [0.1, 0.15) is 5.82 Å². The summed E-state index contributed by atoms with van der Waals surface area (Å²) >= 11 is 6.27. The van der Waals surface area contributed by atoms with E-state index in [2.05, 4.69) is 0 Å². The lowest BCUT2D eigenvalue weighted by atomic mass is 10.0. The molecule has 5 nitrogen and oxygen atoms in total. The number of rotatable bonds is 5. The van der Waals surface area contributed by atoms with E-state index in [1.165, 1.54) is 0 Å². The van der Waals surface area contributed by atoms with Gasteiger partial charge in [0.2, 0.25) is 0 Å². The van der Waals surface area contributed by atoms with Gasteiger partial charge in [-0.05, 0) is 59.7 Å². The second kappa shape index (κ2) is 9.35. The van der Waals surface area contributed by atoms with Gasteiger partial charge in [-0.25, -0.2) is 4.98 Å². The van der Waals surface area contributed by atoms with E-state index in [4.69, 9.17) is 16.6 Å². The van der Waals surface area contributed by atoms with Crippen LogP contribution in [-0.4, -0.2) is 27.4 Å². The Labute approximate surface area is 208 Å². The van der Waals surface area contributed by atoms with Crippen molar-refractivity contribution in [2.24, 2.45) is 0 Å². The molecule has 4 aromatic carbocycles. The maximum absolute atomic E-state index is 13.7. The number of hydrogen-bond donors (Lipinski definition) is 0. The Balaban J connectivity index is 1.66. The van der Waals surface area contributed by atoms with Crippen LogP contribution in [0.5, 0.6) is 0 Å². The van der Waals surface area contributed by atoms with Crippen LogP contribution in [-0.2, 0) is 0 Å². The lowest BCUT2D eigenvalue weighted by molar-refractivity contribution is 0.0717. The highest BCUT2D eigenvalue weighted by atomic mass is 35.5. The Morgan fingerprint density at radius 2 is 1.69 bits per heavy atom. The Bertz CT molecular complexity index is 1630. The molecule has 5 aromatic rings. The Kier molecular flexibility index (Phi) is 6.10. The molecule has 0 fully saturated rings. The molecule has 1 aromatic heterocycles. The predicted molar refractivity (Wildman–Crippen MR) is 141 cm³/mol. The highest BCUT2D eigenvalue weighted by Gasteiger charge is 2.27. The van der Waals surface area contributed by atoms with Gasteiger partial charge in [0, 0.05) is 17.6 Å². The van der Waals surface area contributed by atoms with Crippen molar-refractivity contribution >= 4 is 39.2 Å². The van der Waals surface area contributed by atoms with Crippen LogP contribution >= 0.6 is 11.6 Å². The first-order chi connectivity index (χ1) is 17.0. The van der Waals surface area contributed by atoms with Crippen LogP contribution in [0, 0.1) is 0 Å². The zero-order valence-electron chi connectivity index (χ0n) is 19.5. The summed E-state index contributed by atoms with van der Waals surface area (Å²) in [7, 11) is 1.76. The fraction of sp³-hybridized carbons (Fsp3) is 0.138. The maximum Gasteiger partial charge on any atom is 0.266 e. The summed E-state index contributed by atoms with van der Waals surface area (Å²) in [6, 6.07) is 27.6. The first kappa shape index (κ1) is 22.8. The molecule has 0 radical (unpaired) electrons. The summed E-state index contributed by atoms with van der Waals surface area (Å²) in [5, 5.41) is 3.10. The number of benzene rings is 4. The van der Waals surface area contributed by atoms with Gasteiger partial charge in [0.05, 0.1) is 22.6 Å². The number of fused-ring (bicyclic) bond motifs is 2. The first-order valence-electron chi connectivity index (χ1n) is 11.5. The number of halogens is 1. The monoisotopic (exact) mass is 481 g/mol. The lowest BCUT2D eigenvalue weighted by Gasteiger charge is -2.29. The molecular weight excluding hydrogens is 458 g/mol. The van der Waals surface area contributed by atoms with Crippen LogP contribution in [0.1, 0.15) is 35.6 Å². The fourth-order valence-corrected chi connectivity index (χ4v) is 4.72. The molecule has 0 bridgehead atoms. The molecule has 0 spiro atoms. The normalized spacial score (nSPS) is 12.1. The molecule has 0 aliphatic heterocycles. The van der Waals surface area contributed by atoms with E-state index < -0.39 is 6.04 Å². The van der Waals surface area contributed by atoms with Crippen molar-refractivity contribution in [3.8, 4) is 5.69 Å². The molecule has 6 heteroatoms. The molecule has 5 rings (SSSR count). The third-order valence-corrected chi connectivity index (χ3v) is 6.57. The van der Waals surface area contributed by atoms with E-state index in [0.717, 1.165) is 10.8 Å². The van der Waals surface area contributed by atoms with Crippen molar-refractivity contribution in [3.05, 3.63) is 118 Å². The highest BCUT2D eigenvalue weighted by Crippen LogP contribution is 2.27. The molecule has 0 aliphatic carbocycles. The van der Waals surface area contributed by atoms with Crippen molar-refractivity contribution in [1.29, 1.82) is 0 Å².